The van der Waals surface area contributed by atoms with Gasteiger partial charge in [-0.3, -0.25) is 14.4 Å². The zero-order valence-corrected chi connectivity index (χ0v) is 35.2. The summed E-state index contributed by atoms with van der Waals surface area (Å²) in [6.07, 6.45) is 17.9. The average molecular weight is 819 g/mol. The molecule has 0 heterocycles. The maximum atomic E-state index is 13.6. The van der Waals surface area contributed by atoms with E-state index in [2.05, 4.69) is 13.0 Å². The maximum Gasteiger partial charge on any atom is 0.338 e. The number of ether oxygens (including phenoxy) is 2. The Labute approximate surface area is 354 Å². The van der Waals surface area contributed by atoms with Gasteiger partial charge in [0.15, 0.2) is 12.4 Å². The van der Waals surface area contributed by atoms with Gasteiger partial charge in [0.2, 0.25) is 5.78 Å². The van der Waals surface area contributed by atoms with Gasteiger partial charge in [-0.05, 0) is 118 Å². The van der Waals surface area contributed by atoms with Crippen molar-refractivity contribution in [3.63, 3.8) is 0 Å². The molecule has 9 nitrogen and oxygen atoms in total. The Kier molecular flexibility index (Phi) is 13.6. The molecule has 3 fully saturated rings. The number of esters is 2. The van der Waals surface area contributed by atoms with E-state index < -0.39 is 53.7 Å². The highest BCUT2D eigenvalue weighted by Gasteiger charge is 2.64. The molecule has 0 aliphatic heterocycles. The molecule has 0 bridgehead atoms. The second-order valence-corrected chi connectivity index (χ2v) is 18.4. The number of unbranched alkanes of at least 4 members (excludes halogenated alkanes) is 1. The molecule has 5 aliphatic carbocycles. The molecule has 60 heavy (non-hydrogen) atoms. The fraction of sp³-hybridized carbons (Fsp3) is 0.529. The van der Waals surface area contributed by atoms with Gasteiger partial charge in [0.1, 0.15) is 11.7 Å². The van der Waals surface area contributed by atoms with E-state index in [9.17, 15) is 34.5 Å². The molecule has 0 amide bonds. The van der Waals surface area contributed by atoms with Crippen LogP contribution in [0.1, 0.15) is 113 Å². The highest BCUT2D eigenvalue weighted by atomic mass is 16.5. The molecular formula is C51H62O9. The monoisotopic (exact) mass is 818 g/mol. The van der Waals surface area contributed by atoms with Gasteiger partial charge in [0.25, 0.3) is 0 Å². The highest BCUT2D eigenvalue weighted by Crippen LogP contribution is 2.65. The molecule has 10 atom stereocenters. The first-order chi connectivity index (χ1) is 28.8. The van der Waals surface area contributed by atoms with Crippen LogP contribution in [0.4, 0.5) is 0 Å². The fourth-order valence-corrected chi connectivity index (χ4v) is 11.3. The first-order valence-corrected chi connectivity index (χ1v) is 22.2. The lowest BCUT2D eigenvalue weighted by Crippen LogP contribution is -2.55. The molecule has 7 rings (SSSR count). The number of hydrogen-bond acceptors (Lipinski definition) is 9. The minimum Gasteiger partial charge on any atom is -0.458 e. The number of benzene rings is 2. The molecule has 0 spiro atoms. The van der Waals surface area contributed by atoms with E-state index in [0.717, 1.165) is 31.2 Å². The predicted octanol–water partition coefficient (Wildman–Crippen LogP) is 8.17. The molecule has 3 unspecified atom stereocenters. The summed E-state index contributed by atoms with van der Waals surface area (Å²) in [6, 6.07) is 18.8. The van der Waals surface area contributed by atoms with E-state index in [4.69, 9.17) is 9.47 Å². The third kappa shape index (κ3) is 9.09. The van der Waals surface area contributed by atoms with Crippen LogP contribution in [0.2, 0.25) is 0 Å². The van der Waals surface area contributed by atoms with E-state index in [0.29, 0.717) is 56.9 Å². The van der Waals surface area contributed by atoms with E-state index in [1.165, 1.54) is 11.1 Å². The van der Waals surface area contributed by atoms with Gasteiger partial charge in [-0.2, -0.15) is 0 Å². The van der Waals surface area contributed by atoms with Crippen LogP contribution in [-0.2, 0) is 30.3 Å². The Hall–Kier alpha value is -4.44. The first kappa shape index (κ1) is 43.6. The fourth-order valence-electron chi connectivity index (χ4n) is 11.3. The van der Waals surface area contributed by atoms with Gasteiger partial charge >= 0.3 is 11.9 Å². The summed E-state index contributed by atoms with van der Waals surface area (Å²) >= 11 is 0. The summed E-state index contributed by atoms with van der Waals surface area (Å²) in [5, 5.41) is 33.8. The van der Waals surface area contributed by atoms with Crippen LogP contribution < -0.4 is 0 Å². The molecule has 3 N–H and O–H groups in total. The van der Waals surface area contributed by atoms with E-state index in [1.54, 1.807) is 24.3 Å². The number of fused-ring (bicyclic) bond motifs is 5. The van der Waals surface area contributed by atoms with Crippen molar-refractivity contribution in [3.05, 3.63) is 119 Å². The number of aryl methyl sites for hydroxylation is 1. The van der Waals surface area contributed by atoms with Gasteiger partial charge < -0.3 is 24.8 Å². The summed E-state index contributed by atoms with van der Waals surface area (Å²) in [6.45, 7) is 3.84. The number of carbonyl (C=O) groups excluding carboxylic acids is 4. The average Bonchev–Trinajstić information content (AvgIpc) is 3.69. The highest BCUT2D eigenvalue weighted by molar-refractivity contribution is 5.92. The van der Waals surface area contributed by atoms with Gasteiger partial charge in [-0.1, -0.05) is 97.8 Å². The predicted molar refractivity (Wildman–Crippen MR) is 228 cm³/mol. The van der Waals surface area contributed by atoms with Gasteiger partial charge in [-0.15, -0.1) is 0 Å². The lowest BCUT2D eigenvalue weighted by Gasteiger charge is -2.54. The molecule has 3 saturated carbocycles. The molecule has 0 saturated heterocycles. The second kappa shape index (κ2) is 18.7. The molecule has 9 heteroatoms. The van der Waals surface area contributed by atoms with Crippen molar-refractivity contribution >= 4 is 23.5 Å². The normalized spacial score (nSPS) is 32.8. The van der Waals surface area contributed by atoms with Crippen molar-refractivity contribution in [1.29, 1.82) is 0 Å². The summed E-state index contributed by atoms with van der Waals surface area (Å²) in [5.74, 6) is -1.26. The van der Waals surface area contributed by atoms with Gasteiger partial charge in [-0.25, -0.2) is 4.79 Å². The maximum absolute atomic E-state index is 13.6. The lowest BCUT2D eigenvalue weighted by molar-refractivity contribution is -0.163. The van der Waals surface area contributed by atoms with Crippen LogP contribution in [0.25, 0.3) is 0 Å². The Morgan fingerprint density at radius 1 is 0.933 bits per heavy atom. The number of allylic oxidation sites excluding steroid dienone is 6. The Bertz CT molecular complexity index is 2000. The smallest absolute Gasteiger partial charge is 0.338 e. The van der Waals surface area contributed by atoms with Crippen LogP contribution >= 0.6 is 0 Å². The Morgan fingerprint density at radius 2 is 1.68 bits per heavy atom. The van der Waals surface area contributed by atoms with Crippen LogP contribution in [0.5, 0.6) is 0 Å². The van der Waals surface area contributed by atoms with Crippen LogP contribution in [-0.4, -0.2) is 69.3 Å². The molecule has 2 aromatic rings. The standard InChI is InChI=1S/C51H62O9/c1-49-28-25-37(52)31-36(49)20-23-41-42(49)26-29-50(2)43(41)27-30-51(50,58)46(55)33-59-47(56)18-12-4-3-11-17-39-40(45(54)32-44(39)53)24-22-38(21-19-34-13-7-5-8-14-34)60-48(57)35-15-9-6-10-16-35/h3,5-11,13-16,22,24,26,31,38-41,43-45,53-54,58H,4,12,17-21,23,25,27-30,32-33H2,1-2H3/b11-3-,24-22?/t38?,39-,40-,41-,43+,44+,45-,49?,50?,51+/m1/s1. The number of Topliss-reactive ketones (excluding diaryl/α,β-unsaturated/α-hetero) is 1. The summed E-state index contributed by atoms with van der Waals surface area (Å²) in [7, 11) is 0. The summed E-state index contributed by atoms with van der Waals surface area (Å²) in [4.78, 5) is 51.6. The van der Waals surface area contributed by atoms with Crippen molar-refractivity contribution < 1.29 is 44.0 Å². The summed E-state index contributed by atoms with van der Waals surface area (Å²) in [5.41, 5.74) is 1.87. The number of carbonyl (C=O) groups is 4. The number of hydrogen-bond donors (Lipinski definition) is 3. The minimum absolute atomic E-state index is 0.122. The lowest BCUT2D eigenvalue weighted by atomic mass is 9.50. The van der Waals surface area contributed by atoms with Crippen LogP contribution in [0.3, 0.4) is 0 Å². The number of aliphatic hydroxyl groups is 3. The van der Waals surface area contributed by atoms with E-state index >= 15 is 0 Å². The Balaban J connectivity index is 0.875. The molecule has 0 radical (unpaired) electrons. The van der Waals surface area contributed by atoms with Crippen LogP contribution in [0.15, 0.2) is 108 Å². The molecule has 2 aromatic carbocycles. The largest absolute Gasteiger partial charge is 0.458 e. The van der Waals surface area contributed by atoms with Crippen molar-refractivity contribution in [3.8, 4) is 0 Å². The van der Waals surface area contributed by atoms with Gasteiger partial charge in [0.05, 0.1) is 17.8 Å². The first-order valence-electron chi connectivity index (χ1n) is 22.2. The minimum atomic E-state index is -1.57. The zero-order valence-electron chi connectivity index (χ0n) is 35.2. The zero-order chi connectivity index (χ0) is 42.5. The molecule has 5 aliphatic rings. The summed E-state index contributed by atoms with van der Waals surface area (Å²) < 4.78 is 11.4. The Morgan fingerprint density at radius 3 is 2.45 bits per heavy atom. The third-order valence-electron chi connectivity index (χ3n) is 14.9. The number of aliphatic hydroxyl groups excluding tert-OH is 2. The number of ketones is 2. The third-order valence-corrected chi connectivity index (χ3v) is 14.9. The topological polar surface area (TPSA) is 147 Å². The molecular weight excluding hydrogens is 757 g/mol. The number of rotatable bonds is 16. The molecule has 0 aromatic heterocycles. The van der Waals surface area contributed by atoms with Crippen molar-refractivity contribution in [2.24, 2.45) is 34.5 Å². The van der Waals surface area contributed by atoms with Crippen LogP contribution in [0, 0.1) is 34.5 Å². The quantitative estimate of drug-likeness (QED) is 0.0867. The van der Waals surface area contributed by atoms with Gasteiger partial charge in [0, 0.05) is 36.0 Å². The second-order valence-electron chi connectivity index (χ2n) is 18.4. The van der Waals surface area contributed by atoms with Crippen molar-refractivity contribution in [1.82, 2.24) is 0 Å². The van der Waals surface area contributed by atoms with Crippen molar-refractivity contribution in [2.75, 3.05) is 6.61 Å². The van der Waals surface area contributed by atoms with Crippen molar-refractivity contribution in [2.45, 2.75) is 128 Å². The molecule has 320 valence electrons. The SMILES string of the molecule is CC12CCC(=O)C=C1CC[C@@H]1C2=CCC2(C)[C@H]1CC[C@]2(O)C(=O)COC(=O)CCC/C=C\C[C@@H]1[C@@H](C=CC(CCc2ccccc2)OC(=O)c2ccccc2)[C@H](O)C[C@@H]1O. The van der Waals surface area contributed by atoms with E-state index in [-0.39, 0.29) is 47.7 Å². The van der Waals surface area contributed by atoms with E-state index in [1.807, 2.05) is 73.7 Å².